The Balaban J connectivity index is 2.06. The lowest BCUT2D eigenvalue weighted by atomic mass is 10.1. The van der Waals surface area contributed by atoms with Gasteiger partial charge in [-0.05, 0) is 24.6 Å². The van der Waals surface area contributed by atoms with Crippen LogP contribution in [0.4, 0.5) is 0 Å². The van der Waals surface area contributed by atoms with Crippen molar-refractivity contribution in [1.29, 1.82) is 0 Å². The van der Waals surface area contributed by atoms with Crippen molar-refractivity contribution in [3.05, 3.63) is 52.1 Å². The number of H-pyrrole nitrogens is 1. The fourth-order valence-electron chi connectivity index (χ4n) is 1.97. The van der Waals surface area contributed by atoms with Crippen LogP contribution in [0.25, 0.3) is 10.9 Å². The molecule has 3 aromatic heterocycles. The van der Waals surface area contributed by atoms with E-state index in [2.05, 4.69) is 16.9 Å². The van der Waals surface area contributed by atoms with Crippen LogP contribution in [0.2, 0.25) is 0 Å². The summed E-state index contributed by atoms with van der Waals surface area (Å²) >= 11 is 1.56. The molecule has 0 saturated carbocycles. The predicted octanol–water partition coefficient (Wildman–Crippen LogP) is 3.42. The van der Waals surface area contributed by atoms with Gasteiger partial charge in [-0.1, -0.05) is 6.92 Å². The smallest absolute Gasteiger partial charge is 0.205 e. The largest absolute Gasteiger partial charge is 0.360 e. The van der Waals surface area contributed by atoms with Crippen LogP contribution in [0.3, 0.4) is 0 Å². The summed E-state index contributed by atoms with van der Waals surface area (Å²) in [5, 5.41) is 0.883. The third-order valence-corrected chi connectivity index (χ3v) is 4.19. The number of fused-ring (bicyclic) bond motifs is 1. The highest BCUT2D eigenvalue weighted by Gasteiger charge is 2.15. The third kappa shape index (κ3) is 1.75. The highest BCUT2D eigenvalue weighted by atomic mass is 32.1. The van der Waals surface area contributed by atoms with Gasteiger partial charge in [0.05, 0.1) is 10.4 Å². The first kappa shape index (κ1) is 11.2. The molecule has 18 heavy (non-hydrogen) atoms. The molecular formula is C14H12N2OS. The number of aromatic nitrogens is 2. The number of pyridine rings is 1. The summed E-state index contributed by atoms with van der Waals surface area (Å²) in [6, 6.07) is 5.80. The highest BCUT2D eigenvalue weighted by Crippen LogP contribution is 2.24. The summed E-state index contributed by atoms with van der Waals surface area (Å²) in [5.41, 5.74) is 1.64. The second-order valence-electron chi connectivity index (χ2n) is 4.07. The van der Waals surface area contributed by atoms with Crippen LogP contribution in [-0.4, -0.2) is 15.8 Å². The molecule has 3 heterocycles. The van der Waals surface area contributed by atoms with Crippen LogP contribution >= 0.6 is 11.3 Å². The number of rotatable bonds is 3. The number of carbonyl (C=O) groups is 1. The minimum atomic E-state index is 0.0685. The molecule has 0 amide bonds. The molecule has 3 aromatic rings. The number of nitrogens with one attached hydrogen (secondary N) is 1. The third-order valence-electron chi connectivity index (χ3n) is 2.96. The molecule has 3 rings (SSSR count). The van der Waals surface area contributed by atoms with E-state index < -0.39 is 0 Å². The number of hydrogen-bond acceptors (Lipinski definition) is 3. The first-order chi connectivity index (χ1) is 8.79. The molecule has 4 heteroatoms. The van der Waals surface area contributed by atoms with Crippen LogP contribution in [0.15, 0.2) is 36.8 Å². The van der Waals surface area contributed by atoms with E-state index in [1.807, 2.05) is 18.2 Å². The van der Waals surface area contributed by atoms with E-state index in [1.54, 1.807) is 29.9 Å². The van der Waals surface area contributed by atoms with E-state index >= 15 is 0 Å². The number of thiophene rings is 1. The van der Waals surface area contributed by atoms with Gasteiger partial charge < -0.3 is 4.98 Å². The molecule has 0 spiro atoms. The summed E-state index contributed by atoms with van der Waals surface area (Å²) in [6.07, 6.45) is 6.17. The Morgan fingerprint density at radius 3 is 3.06 bits per heavy atom. The SMILES string of the molecule is CCc1ccc(C(=O)c2c[nH]c3ccncc23)s1. The van der Waals surface area contributed by atoms with Gasteiger partial charge in [-0.15, -0.1) is 11.3 Å². The Hall–Kier alpha value is -1.94. The number of hydrogen-bond donors (Lipinski definition) is 1. The van der Waals surface area contributed by atoms with Crippen molar-refractivity contribution < 1.29 is 4.79 Å². The summed E-state index contributed by atoms with van der Waals surface area (Å²) in [7, 11) is 0. The average Bonchev–Trinajstić information content (AvgIpc) is 3.04. The zero-order valence-corrected chi connectivity index (χ0v) is 10.8. The van der Waals surface area contributed by atoms with Gasteiger partial charge in [0, 0.05) is 34.4 Å². The number of nitrogens with zero attached hydrogens (tertiary/aromatic N) is 1. The van der Waals surface area contributed by atoms with Crippen molar-refractivity contribution in [3.63, 3.8) is 0 Å². The van der Waals surface area contributed by atoms with Crippen molar-refractivity contribution in [2.45, 2.75) is 13.3 Å². The zero-order valence-electron chi connectivity index (χ0n) is 9.93. The summed E-state index contributed by atoms with van der Waals surface area (Å²) in [4.78, 5) is 21.6. The maximum atomic E-state index is 12.4. The van der Waals surface area contributed by atoms with E-state index in [0.29, 0.717) is 5.56 Å². The van der Waals surface area contributed by atoms with E-state index in [1.165, 1.54) is 4.88 Å². The number of aryl methyl sites for hydroxylation is 1. The Morgan fingerprint density at radius 2 is 2.28 bits per heavy atom. The van der Waals surface area contributed by atoms with Gasteiger partial charge in [0.25, 0.3) is 0 Å². The van der Waals surface area contributed by atoms with Crippen molar-refractivity contribution in [1.82, 2.24) is 9.97 Å². The second-order valence-corrected chi connectivity index (χ2v) is 5.24. The van der Waals surface area contributed by atoms with Gasteiger partial charge >= 0.3 is 0 Å². The van der Waals surface area contributed by atoms with Crippen LogP contribution in [0.1, 0.15) is 27.0 Å². The topological polar surface area (TPSA) is 45.8 Å². The number of carbonyl (C=O) groups excluding carboxylic acids is 1. The molecule has 0 aliphatic heterocycles. The molecule has 0 aromatic carbocycles. The molecule has 0 atom stereocenters. The van der Waals surface area contributed by atoms with Gasteiger partial charge in [-0.2, -0.15) is 0 Å². The highest BCUT2D eigenvalue weighted by molar-refractivity contribution is 7.14. The Morgan fingerprint density at radius 1 is 1.39 bits per heavy atom. The molecular weight excluding hydrogens is 244 g/mol. The average molecular weight is 256 g/mol. The lowest BCUT2D eigenvalue weighted by Gasteiger charge is -1.95. The molecule has 3 nitrogen and oxygen atoms in total. The lowest BCUT2D eigenvalue weighted by molar-refractivity contribution is 0.104. The van der Waals surface area contributed by atoms with Gasteiger partial charge in [0.1, 0.15) is 0 Å². The predicted molar refractivity (Wildman–Crippen MR) is 73.2 cm³/mol. The fourth-order valence-corrected chi connectivity index (χ4v) is 2.87. The van der Waals surface area contributed by atoms with Crippen LogP contribution in [0, 0.1) is 0 Å². The first-order valence-electron chi connectivity index (χ1n) is 5.84. The van der Waals surface area contributed by atoms with Crippen LogP contribution in [-0.2, 0) is 6.42 Å². The molecule has 0 unspecified atom stereocenters. The number of ketones is 1. The molecule has 0 fully saturated rings. The Kier molecular flexibility index (Phi) is 2.72. The molecule has 0 aliphatic rings. The zero-order chi connectivity index (χ0) is 12.5. The van der Waals surface area contributed by atoms with E-state index in [4.69, 9.17) is 0 Å². The standard InChI is InChI=1S/C14H12N2OS/c1-2-9-3-4-13(18-9)14(17)11-8-16-12-5-6-15-7-10(11)12/h3-8,16H,2H2,1H3. The van der Waals surface area contributed by atoms with Crippen molar-refractivity contribution >= 4 is 28.0 Å². The maximum Gasteiger partial charge on any atom is 0.205 e. The minimum Gasteiger partial charge on any atom is -0.360 e. The Labute approximate surface area is 108 Å². The van der Waals surface area contributed by atoms with Gasteiger partial charge in [0.15, 0.2) is 0 Å². The Bertz CT molecular complexity index is 711. The maximum absolute atomic E-state index is 12.4. The van der Waals surface area contributed by atoms with Crippen molar-refractivity contribution in [3.8, 4) is 0 Å². The lowest BCUT2D eigenvalue weighted by Crippen LogP contribution is -1.96. The van der Waals surface area contributed by atoms with Crippen molar-refractivity contribution in [2.75, 3.05) is 0 Å². The van der Waals surface area contributed by atoms with Gasteiger partial charge in [-0.3, -0.25) is 9.78 Å². The molecule has 1 N–H and O–H groups in total. The second kappa shape index (κ2) is 4.38. The summed E-state index contributed by atoms with van der Waals surface area (Å²) in [6.45, 7) is 2.09. The van der Waals surface area contributed by atoms with Gasteiger partial charge in [0.2, 0.25) is 5.78 Å². The van der Waals surface area contributed by atoms with E-state index in [9.17, 15) is 4.79 Å². The summed E-state index contributed by atoms with van der Waals surface area (Å²) in [5.74, 6) is 0.0685. The molecule has 0 radical (unpaired) electrons. The van der Waals surface area contributed by atoms with E-state index in [-0.39, 0.29) is 5.78 Å². The monoisotopic (exact) mass is 256 g/mol. The van der Waals surface area contributed by atoms with Crippen molar-refractivity contribution in [2.24, 2.45) is 0 Å². The quantitative estimate of drug-likeness (QED) is 0.730. The molecule has 0 bridgehead atoms. The normalized spacial score (nSPS) is 10.9. The van der Waals surface area contributed by atoms with Crippen LogP contribution in [0.5, 0.6) is 0 Å². The minimum absolute atomic E-state index is 0.0685. The molecule has 0 saturated heterocycles. The number of aromatic amines is 1. The van der Waals surface area contributed by atoms with Gasteiger partial charge in [-0.25, -0.2) is 0 Å². The first-order valence-corrected chi connectivity index (χ1v) is 6.65. The fraction of sp³-hybridized carbons (Fsp3) is 0.143. The van der Waals surface area contributed by atoms with Crippen LogP contribution < -0.4 is 0 Å². The summed E-state index contributed by atoms with van der Waals surface area (Å²) < 4.78 is 0. The molecule has 90 valence electrons. The van der Waals surface area contributed by atoms with E-state index in [0.717, 1.165) is 22.2 Å². The molecule has 0 aliphatic carbocycles.